The average molecular weight is 147 g/mol. The van der Waals surface area contributed by atoms with Crippen LogP contribution in [-0.2, 0) is 0 Å². The van der Waals surface area contributed by atoms with Gasteiger partial charge < -0.3 is 4.98 Å². The lowest BCUT2D eigenvalue weighted by atomic mass is 10.2. The second-order valence-electron chi connectivity index (χ2n) is 2.16. The molecule has 0 aliphatic heterocycles. The van der Waals surface area contributed by atoms with Crippen LogP contribution < -0.4 is 0 Å². The van der Waals surface area contributed by atoms with Crippen molar-refractivity contribution in [2.24, 2.45) is 0 Å². The smallest absolute Gasteiger partial charge is 0.160 e. The van der Waals surface area contributed by atoms with Gasteiger partial charge in [-0.3, -0.25) is 4.79 Å². The number of hydrogen-bond acceptors (Lipinski definition) is 3. The van der Waals surface area contributed by atoms with Crippen molar-refractivity contribution >= 4 is 17.3 Å². The van der Waals surface area contributed by atoms with E-state index in [1.54, 1.807) is 18.5 Å². The maximum Gasteiger partial charge on any atom is 0.160 e. The van der Waals surface area contributed by atoms with Crippen LogP contribution in [0.5, 0.6) is 0 Å². The van der Waals surface area contributed by atoms with Crippen LogP contribution in [0.25, 0.3) is 11.0 Å². The van der Waals surface area contributed by atoms with E-state index in [4.69, 9.17) is 0 Å². The van der Waals surface area contributed by atoms with Gasteiger partial charge in [-0.2, -0.15) is 5.10 Å². The van der Waals surface area contributed by atoms with Gasteiger partial charge >= 0.3 is 0 Å². The highest BCUT2D eigenvalue weighted by Crippen LogP contribution is 2.11. The zero-order valence-corrected chi connectivity index (χ0v) is 5.61. The van der Waals surface area contributed by atoms with Crippen LogP contribution in [0.4, 0.5) is 0 Å². The van der Waals surface area contributed by atoms with E-state index in [0.29, 0.717) is 11.2 Å². The number of rotatable bonds is 1. The minimum atomic E-state index is 0.620. The van der Waals surface area contributed by atoms with Crippen molar-refractivity contribution in [3.63, 3.8) is 0 Å². The summed E-state index contributed by atoms with van der Waals surface area (Å²) < 4.78 is 0. The molecule has 2 aromatic heterocycles. The monoisotopic (exact) mass is 147 g/mol. The minimum absolute atomic E-state index is 0.620. The highest BCUT2D eigenvalue weighted by Gasteiger charge is 2.00. The maximum absolute atomic E-state index is 10.4. The quantitative estimate of drug-likeness (QED) is 0.606. The molecule has 0 radical (unpaired) electrons. The molecule has 0 bridgehead atoms. The van der Waals surface area contributed by atoms with Gasteiger partial charge in [0, 0.05) is 17.1 Å². The lowest BCUT2D eigenvalue weighted by Gasteiger charge is -1.84. The van der Waals surface area contributed by atoms with E-state index in [-0.39, 0.29) is 0 Å². The molecule has 0 saturated carbocycles. The van der Waals surface area contributed by atoms with E-state index in [9.17, 15) is 4.79 Å². The van der Waals surface area contributed by atoms with Gasteiger partial charge in [-0.25, -0.2) is 0 Å². The molecule has 54 valence electrons. The molecule has 0 aliphatic carbocycles. The van der Waals surface area contributed by atoms with Crippen molar-refractivity contribution in [1.29, 1.82) is 0 Å². The summed E-state index contributed by atoms with van der Waals surface area (Å²) >= 11 is 0. The molecule has 4 nitrogen and oxygen atoms in total. The van der Waals surface area contributed by atoms with Crippen LogP contribution in [0.1, 0.15) is 10.4 Å². The molecule has 4 heteroatoms. The molecule has 0 aromatic carbocycles. The Morgan fingerprint density at radius 3 is 3.27 bits per heavy atom. The lowest BCUT2D eigenvalue weighted by Crippen LogP contribution is -1.80. The number of nitrogens with one attached hydrogen (secondary N) is 1. The first-order chi connectivity index (χ1) is 5.42. The van der Waals surface area contributed by atoms with Crippen LogP contribution in [0.2, 0.25) is 0 Å². The Morgan fingerprint density at radius 2 is 2.45 bits per heavy atom. The Labute approximate surface area is 62.3 Å². The Balaban J connectivity index is 2.86. The molecule has 2 rings (SSSR count). The van der Waals surface area contributed by atoms with E-state index in [1.807, 2.05) is 0 Å². The predicted octanol–water partition coefficient (Wildman–Crippen LogP) is 0.770. The Bertz CT molecular complexity index is 393. The van der Waals surface area contributed by atoms with Crippen LogP contribution in [0.15, 0.2) is 18.5 Å². The van der Waals surface area contributed by atoms with Crippen molar-refractivity contribution in [2.75, 3.05) is 0 Å². The number of carbonyl (C=O) groups excluding carboxylic acids is 1. The third kappa shape index (κ3) is 0.797. The van der Waals surface area contributed by atoms with E-state index in [2.05, 4.69) is 15.2 Å². The summed E-state index contributed by atoms with van der Waals surface area (Å²) in [7, 11) is 0. The van der Waals surface area contributed by atoms with Gasteiger partial charge in [-0.05, 0) is 6.07 Å². The number of hydrogen-bond donors (Lipinski definition) is 1. The minimum Gasteiger partial charge on any atom is -0.344 e. The van der Waals surface area contributed by atoms with E-state index in [1.165, 1.54) is 0 Å². The molecule has 0 fully saturated rings. The average Bonchev–Trinajstić information content (AvgIpc) is 2.47. The zero-order chi connectivity index (χ0) is 7.68. The fraction of sp³-hybridized carbons (Fsp3) is 0. The molecule has 2 aromatic rings. The highest BCUT2D eigenvalue weighted by atomic mass is 16.1. The number of aldehydes is 1. The number of aromatic amines is 1. The fourth-order valence-electron chi connectivity index (χ4n) is 0.993. The van der Waals surface area contributed by atoms with Crippen molar-refractivity contribution in [3.8, 4) is 0 Å². The number of fused-ring (bicyclic) bond motifs is 1. The summed E-state index contributed by atoms with van der Waals surface area (Å²) in [5.74, 6) is 0. The molecule has 1 N–H and O–H groups in total. The second kappa shape index (κ2) is 2.16. The van der Waals surface area contributed by atoms with Gasteiger partial charge in [0.1, 0.15) is 0 Å². The molecule has 0 saturated heterocycles. The number of carbonyl (C=O) groups is 1. The van der Waals surface area contributed by atoms with Crippen LogP contribution in [0, 0.1) is 0 Å². The molecule has 0 atom stereocenters. The molecule has 11 heavy (non-hydrogen) atoms. The predicted molar refractivity (Wildman–Crippen MR) is 39.3 cm³/mol. The molecule has 0 spiro atoms. The lowest BCUT2D eigenvalue weighted by molar-refractivity contribution is 0.112. The molecule has 0 amide bonds. The SMILES string of the molecule is O=Cc1c[nH]c2nnccc12. The van der Waals surface area contributed by atoms with Gasteiger partial charge in [0.15, 0.2) is 11.9 Å². The number of nitrogens with zero attached hydrogens (tertiary/aromatic N) is 2. The second-order valence-corrected chi connectivity index (χ2v) is 2.16. The van der Waals surface area contributed by atoms with Crippen LogP contribution in [-0.4, -0.2) is 21.5 Å². The Kier molecular flexibility index (Phi) is 1.18. The standard InChI is InChI=1S/C7H5N3O/c11-4-5-3-8-7-6(5)1-2-9-10-7/h1-4H,(H,8,10). The summed E-state index contributed by atoms with van der Waals surface area (Å²) in [5.41, 5.74) is 1.27. The molecule has 0 unspecified atom stereocenters. The van der Waals surface area contributed by atoms with Gasteiger partial charge in [0.05, 0.1) is 6.20 Å². The van der Waals surface area contributed by atoms with Crippen LogP contribution >= 0.6 is 0 Å². The Morgan fingerprint density at radius 1 is 1.55 bits per heavy atom. The van der Waals surface area contributed by atoms with Gasteiger partial charge in [0.2, 0.25) is 0 Å². The van der Waals surface area contributed by atoms with Crippen molar-refractivity contribution in [3.05, 3.63) is 24.0 Å². The molecular weight excluding hydrogens is 142 g/mol. The fourth-order valence-corrected chi connectivity index (χ4v) is 0.993. The third-order valence-corrected chi connectivity index (χ3v) is 1.52. The van der Waals surface area contributed by atoms with Gasteiger partial charge in [-0.1, -0.05) is 0 Å². The molecule has 0 aliphatic rings. The van der Waals surface area contributed by atoms with Gasteiger partial charge in [-0.15, -0.1) is 5.10 Å². The first kappa shape index (κ1) is 6.03. The first-order valence-electron chi connectivity index (χ1n) is 3.16. The highest BCUT2D eigenvalue weighted by molar-refractivity contribution is 5.95. The molecular formula is C7H5N3O. The zero-order valence-electron chi connectivity index (χ0n) is 5.61. The van der Waals surface area contributed by atoms with Crippen molar-refractivity contribution in [1.82, 2.24) is 15.2 Å². The van der Waals surface area contributed by atoms with E-state index >= 15 is 0 Å². The third-order valence-electron chi connectivity index (χ3n) is 1.52. The number of H-pyrrole nitrogens is 1. The summed E-state index contributed by atoms with van der Waals surface area (Å²) in [6.07, 6.45) is 3.97. The van der Waals surface area contributed by atoms with E-state index in [0.717, 1.165) is 11.7 Å². The number of aromatic nitrogens is 3. The summed E-state index contributed by atoms with van der Waals surface area (Å²) in [5, 5.41) is 8.26. The molecule has 2 heterocycles. The summed E-state index contributed by atoms with van der Waals surface area (Å²) in [6, 6.07) is 1.75. The van der Waals surface area contributed by atoms with Gasteiger partial charge in [0.25, 0.3) is 0 Å². The van der Waals surface area contributed by atoms with E-state index < -0.39 is 0 Å². The van der Waals surface area contributed by atoms with Crippen molar-refractivity contribution in [2.45, 2.75) is 0 Å². The van der Waals surface area contributed by atoms with Crippen molar-refractivity contribution < 1.29 is 4.79 Å². The Hall–Kier alpha value is -1.71. The first-order valence-corrected chi connectivity index (χ1v) is 3.16. The summed E-state index contributed by atoms with van der Waals surface area (Å²) in [4.78, 5) is 13.2. The summed E-state index contributed by atoms with van der Waals surface area (Å²) in [6.45, 7) is 0. The topological polar surface area (TPSA) is 58.6 Å². The normalized spacial score (nSPS) is 10.2. The largest absolute Gasteiger partial charge is 0.344 e. The maximum atomic E-state index is 10.4. The van der Waals surface area contributed by atoms with Crippen LogP contribution in [0.3, 0.4) is 0 Å².